The molecule has 2 atom stereocenters. The molecule has 0 aromatic rings. The molecule has 0 aliphatic heterocycles. The van der Waals surface area contributed by atoms with Gasteiger partial charge in [0, 0.05) is 12.6 Å². The summed E-state index contributed by atoms with van der Waals surface area (Å²) in [4.78, 5) is 24.6. The van der Waals surface area contributed by atoms with Crippen LogP contribution in [-0.4, -0.2) is 49.4 Å². The van der Waals surface area contributed by atoms with E-state index in [1.165, 1.54) is 0 Å². The zero-order valence-corrected chi connectivity index (χ0v) is 12.5. The molecule has 0 heterocycles. The molecule has 0 fully saturated rings. The molecule has 0 aromatic heterocycles. The lowest BCUT2D eigenvalue weighted by molar-refractivity contribution is -0.126. The van der Waals surface area contributed by atoms with E-state index in [1.807, 2.05) is 14.1 Å². The molecule has 0 aliphatic carbocycles. The zero-order chi connectivity index (χ0) is 15.0. The number of nitrogens with two attached hydrogens (primary N) is 2. The predicted molar refractivity (Wildman–Crippen MR) is 76.3 cm³/mol. The van der Waals surface area contributed by atoms with Crippen molar-refractivity contribution in [3.05, 3.63) is 0 Å². The second-order valence-electron chi connectivity index (χ2n) is 5.13. The number of primary amides is 1. The first-order chi connectivity index (χ1) is 8.83. The van der Waals surface area contributed by atoms with Gasteiger partial charge in [0.15, 0.2) is 0 Å². The monoisotopic (exact) mass is 272 g/mol. The fourth-order valence-corrected chi connectivity index (χ4v) is 2.25. The van der Waals surface area contributed by atoms with Gasteiger partial charge in [-0.15, -0.1) is 0 Å². The van der Waals surface area contributed by atoms with Gasteiger partial charge < -0.3 is 21.7 Å². The molecule has 0 saturated carbocycles. The molecule has 0 rings (SSSR count). The first-order valence-corrected chi connectivity index (χ1v) is 6.81. The molecule has 0 spiro atoms. The normalized spacial score (nSPS) is 14.5. The molecule has 0 saturated heterocycles. The summed E-state index contributed by atoms with van der Waals surface area (Å²) in [5.74, 6) is -0.369. The third-order valence-corrected chi connectivity index (χ3v) is 3.50. The van der Waals surface area contributed by atoms with E-state index in [0.717, 1.165) is 12.8 Å². The first-order valence-electron chi connectivity index (χ1n) is 6.81. The lowest BCUT2D eigenvalue weighted by Crippen LogP contribution is -2.49. The van der Waals surface area contributed by atoms with Gasteiger partial charge in [-0.05, 0) is 20.0 Å². The van der Waals surface area contributed by atoms with Gasteiger partial charge in [-0.25, -0.2) is 0 Å². The number of nitrogens with one attached hydrogen (secondary N) is 1. The third-order valence-electron chi connectivity index (χ3n) is 3.50. The number of amides is 2. The number of nitrogens with zero attached hydrogens (tertiary/aromatic N) is 1. The summed E-state index contributed by atoms with van der Waals surface area (Å²) in [6, 6.07) is -0.596. The van der Waals surface area contributed by atoms with Gasteiger partial charge in [0.2, 0.25) is 11.8 Å². The maximum absolute atomic E-state index is 11.7. The number of likely N-dealkylation sites (N-methyl/N-ethyl adjacent to an activating group) is 1. The summed E-state index contributed by atoms with van der Waals surface area (Å²) in [6.45, 7) is 4.82. The van der Waals surface area contributed by atoms with Crippen molar-refractivity contribution in [2.24, 2.45) is 17.4 Å². The van der Waals surface area contributed by atoms with Crippen molar-refractivity contribution >= 4 is 11.8 Å². The third kappa shape index (κ3) is 6.54. The Bertz CT molecular complexity index is 290. The van der Waals surface area contributed by atoms with E-state index in [9.17, 15) is 9.59 Å². The van der Waals surface area contributed by atoms with Gasteiger partial charge in [0.25, 0.3) is 0 Å². The highest BCUT2D eigenvalue weighted by molar-refractivity contribution is 5.87. The Balaban J connectivity index is 4.39. The van der Waals surface area contributed by atoms with Crippen molar-refractivity contribution in [1.82, 2.24) is 10.2 Å². The minimum absolute atomic E-state index is 0.122. The van der Waals surface area contributed by atoms with E-state index >= 15 is 0 Å². The lowest BCUT2D eigenvalue weighted by Gasteiger charge is -2.31. The first kappa shape index (κ1) is 17.9. The summed E-state index contributed by atoms with van der Waals surface area (Å²) in [5.41, 5.74) is 10.6. The zero-order valence-electron chi connectivity index (χ0n) is 12.5. The molecular formula is C13H28N4O2. The Morgan fingerprint density at radius 3 is 2.11 bits per heavy atom. The minimum Gasteiger partial charge on any atom is -0.370 e. The van der Waals surface area contributed by atoms with Crippen molar-refractivity contribution in [2.45, 2.75) is 45.2 Å². The molecule has 112 valence electrons. The second kappa shape index (κ2) is 8.87. The molecule has 6 heteroatoms. The molecular weight excluding hydrogens is 244 g/mol. The maximum Gasteiger partial charge on any atom is 0.237 e. The molecule has 0 aromatic carbocycles. The van der Waals surface area contributed by atoms with Crippen molar-refractivity contribution in [3.8, 4) is 0 Å². The summed E-state index contributed by atoms with van der Waals surface area (Å²) < 4.78 is 0. The van der Waals surface area contributed by atoms with E-state index in [0.29, 0.717) is 12.5 Å². The van der Waals surface area contributed by atoms with E-state index in [2.05, 4.69) is 24.1 Å². The van der Waals surface area contributed by atoms with E-state index in [1.54, 1.807) is 0 Å². The van der Waals surface area contributed by atoms with Crippen LogP contribution < -0.4 is 16.8 Å². The van der Waals surface area contributed by atoms with Crippen LogP contribution in [0.2, 0.25) is 0 Å². The van der Waals surface area contributed by atoms with Crippen LogP contribution in [0.4, 0.5) is 0 Å². The Hall–Kier alpha value is -1.14. The van der Waals surface area contributed by atoms with Gasteiger partial charge in [0.1, 0.15) is 0 Å². The smallest absolute Gasteiger partial charge is 0.237 e. The Labute approximate surface area is 115 Å². The van der Waals surface area contributed by atoms with Gasteiger partial charge in [0.05, 0.1) is 12.5 Å². The van der Waals surface area contributed by atoms with Crippen molar-refractivity contribution in [3.63, 3.8) is 0 Å². The average molecular weight is 272 g/mol. The number of carbonyl (C=O) groups excluding carboxylic acids is 2. The molecule has 0 aliphatic rings. The van der Waals surface area contributed by atoms with Crippen molar-refractivity contribution in [2.75, 3.05) is 20.6 Å². The maximum atomic E-state index is 11.7. The predicted octanol–water partition coefficient (Wildman–Crippen LogP) is -0.328. The summed E-state index contributed by atoms with van der Waals surface area (Å²) in [7, 11) is 4.00. The van der Waals surface area contributed by atoms with Crippen molar-refractivity contribution < 1.29 is 9.59 Å². The minimum atomic E-state index is -0.859. The van der Waals surface area contributed by atoms with Gasteiger partial charge in [-0.1, -0.05) is 26.7 Å². The largest absolute Gasteiger partial charge is 0.370 e. The second-order valence-corrected chi connectivity index (χ2v) is 5.13. The number of hydrogen-bond acceptors (Lipinski definition) is 4. The van der Waals surface area contributed by atoms with Crippen LogP contribution in [0.25, 0.3) is 0 Å². The van der Waals surface area contributed by atoms with Crippen LogP contribution >= 0.6 is 0 Å². The standard InChI is InChI=1S/C13H28N4O2/c1-5-9(6-2)11(17(3)4)8-16-13(19)10(14)7-12(15)18/h9-11H,5-8,14H2,1-4H3,(H2,15,18)(H,16,19). The Morgan fingerprint density at radius 2 is 1.74 bits per heavy atom. The fraction of sp³-hybridized carbons (Fsp3) is 0.846. The summed E-state index contributed by atoms with van der Waals surface area (Å²) in [6.07, 6.45) is 1.99. The molecule has 2 unspecified atom stereocenters. The van der Waals surface area contributed by atoms with Crippen LogP contribution in [0.3, 0.4) is 0 Å². The molecule has 6 nitrogen and oxygen atoms in total. The van der Waals surface area contributed by atoms with Crippen molar-refractivity contribution in [1.29, 1.82) is 0 Å². The Morgan fingerprint density at radius 1 is 1.21 bits per heavy atom. The number of carbonyl (C=O) groups is 2. The highest BCUT2D eigenvalue weighted by Crippen LogP contribution is 2.16. The SMILES string of the molecule is CCC(CC)C(CNC(=O)C(N)CC(N)=O)N(C)C. The van der Waals surface area contributed by atoms with Gasteiger partial charge >= 0.3 is 0 Å². The van der Waals surface area contributed by atoms with Gasteiger partial charge in [-0.2, -0.15) is 0 Å². The van der Waals surface area contributed by atoms with E-state index in [4.69, 9.17) is 11.5 Å². The average Bonchev–Trinajstić information content (AvgIpc) is 2.32. The summed E-state index contributed by atoms with van der Waals surface area (Å²) >= 11 is 0. The molecule has 0 bridgehead atoms. The lowest BCUT2D eigenvalue weighted by atomic mass is 9.93. The number of hydrogen-bond donors (Lipinski definition) is 3. The Kier molecular flexibility index (Phi) is 8.34. The van der Waals surface area contributed by atoms with E-state index < -0.39 is 11.9 Å². The highest BCUT2D eigenvalue weighted by Gasteiger charge is 2.23. The number of rotatable bonds is 9. The molecule has 2 amide bonds. The van der Waals surface area contributed by atoms with Crippen LogP contribution in [-0.2, 0) is 9.59 Å². The van der Waals surface area contributed by atoms with E-state index in [-0.39, 0.29) is 18.4 Å². The van der Waals surface area contributed by atoms with Crippen LogP contribution in [0.15, 0.2) is 0 Å². The highest BCUT2D eigenvalue weighted by atomic mass is 16.2. The molecule has 5 N–H and O–H groups in total. The van der Waals surface area contributed by atoms with Crippen LogP contribution in [0.1, 0.15) is 33.1 Å². The molecule has 0 radical (unpaired) electrons. The molecule has 19 heavy (non-hydrogen) atoms. The van der Waals surface area contributed by atoms with Gasteiger partial charge in [-0.3, -0.25) is 9.59 Å². The van der Waals surface area contributed by atoms with Crippen LogP contribution in [0.5, 0.6) is 0 Å². The topological polar surface area (TPSA) is 101 Å². The fourth-order valence-electron chi connectivity index (χ4n) is 2.25. The van der Waals surface area contributed by atoms with Crippen LogP contribution in [0, 0.1) is 5.92 Å². The quantitative estimate of drug-likeness (QED) is 0.535. The summed E-state index contributed by atoms with van der Waals surface area (Å²) in [5, 5.41) is 2.80.